The molecule has 1 atom stereocenters. The second kappa shape index (κ2) is 4.84. The summed E-state index contributed by atoms with van der Waals surface area (Å²) in [6.45, 7) is 4.05. The van der Waals surface area contributed by atoms with Crippen molar-refractivity contribution >= 4 is 11.8 Å². The van der Waals surface area contributed by atoms with Crippen LogP contribution in [-0.2, 0) is 13.1 Å². The molecule has 0 radical (unpaired) electrons. The summed E-state index contributed by atoms with van der Waals surface area (Å²) in [7, 11) is 0. The Balaban J connectivity index is 1.84. The van der Waals surface area contributed by atoms with Gasteiger partial charge in [0.25, 0.3) is 0 Å². The van der Waals surface area contributed by atoms with Gasteiger partial charge in [-0.3, -0.25) is 4.68 Å². The summed E-state index contributed by atoms with van der Waals surface area (Å²) in [6, 6.07) is 2.80. The highest BCUT2D eigenvalue weighted by atomic mass is 32.2. The van der Waals surface area contributed by atoms with Crippen LogP contribution in [0, 0.1) is 0 Å². The van der Waals surface area contributed by atoms with Crippen LogP contribution in [0.3, 0.4) is 0 Å². The minimum Gasteiger partial charge on any atom is -0.308 e. The summed E-state index contributed by atoms with van der Waals surface area (Å²) in [5.74, 6) is 2.57. The van der Waals surface area contributed by atoms with Crippen molar-refractivity contribution in [3.05, 3.63) is 18.0 Å². The molecule has 3 nitrogen and oxygen atoms in total. The lowest BCUT2D eigenvalue weighted by Crippen LogP contribution is -2.29. The normalized spacial score (nSPS) is 21.6. The molecule has 1 aromatic heterocycles. The van der Waals surface area contributed by atoms with Crippen molar-refractivity contribution in [3.63, 3.8) is 0 Å². The van der Waals surface area contributed by atoms with E-state index in [0.29, 0.717) is 6.04 Å². The average molecular weight is 211 g/mol. The van der Waals surface area contributed by atoms with Crippen molar-refractivity contribution in [2.24, 2.45) is 0 Å². The molecule has 14 heavy (non-hydrogen) atoms. The predicted molar refractivity (Wildman–Crippen MR) is 60.5 cm³/mol. The first-order valence-corrected chi connectivity index (χ1v) is 6.37. The molecule has 0 aliphatic carbocycles. The fourth-order valence-corrected chi connectivity index (χ4v) is 2.93. The molecule has 1 saturated heterocycles. The van der Waals surface area contributed by atoms with E-state index in [4.69, 9.17) is 0 Å². The largest absolute Gasteiger partial charge is 0.308 e. The first-order chi connectivity index (χ1) is 6.90. The monoisotopic (exact) mass is 211 g/mol. The highest BCUT2D eigenvalue weighted by molar-refractivity contribution is 7.99. The van der Waals surface area contributed by atoms with Crippen molar-refractivity contribution < 1.29 is 0 Å². The third kappa shape index (κ3) is 2.30. The van der Waals surface area contributed by atoms with Crippen LogP contribution in [0.5, 0.6) is 0 Å². The van der Waals surface area contributed by atoms with Gasteiger partial charge in [-0.25, -0.2) is 0 Å². The third-order valence-electron chi connectivity index (χ3n) is 2.61. The highest BCUT2D eigenvalue weighted by Gasteiger charge is 2.14. The van der Waals surface area contributed by atoms with Crippen LogP contribution in [0.15, 0.2) is 12.3 Å². The van der Waals surface area contributed by atoms with Gasteiger partial charge in [-0.05, 0) is 25.2 Å². The maximum absolute atomic E-state index is 4.25. The molecule has 1 aliphatic heterocycles. The van der Waals surface area contributed by atoms with Crippen molar-refractivity contribution in [2.75, 3.05) is 11.5 Å². The first kappa shape index (κ1) is 10.1. The molecule has 1 unspecified atom stereocenters. The van der Waals surface area contributed by atoms with Gasteiger partial charge >= 0.3 is 0 Å². The molecule has 0 bridgehead atoms. The summed E-state index contributed by atoms with van der Waals surface area (Å²) in [5.41, 5.74) is 1.30. The molecule has 1 fully saturated rings. The predicted octanol–water partition coefficient (Wildman–Crippen LogP) is 1.50. The van der Waals surface area contributed by atoms with Gasteiger partial charge in [0.15, 0.2) is 0 Å². The number of thioether (sulfide) groups is 1. The maximum Gasteiger partial charge on any atom is 0.0522 e. The second-order valence-corrected chi connectivity index (χ2v) is 4.73. The molecule has 0 aromatic carbocycles. The summed E-state index contributed by atoms with van der Waals surface area (Å²) < 4.78 is 2.05. The Morgan fingerprint density at radius 3 is 3.36 bits per heavy atom. The smallest absolute Gasteiger partial charge is 0.0522 e. The van der Waals surface area contributed by atoms with Crippen LogP contribution in [0.25, 0.3) is 0 Å². The van der Waals surface area contributed by atoms with Crippen LogP contribution in [0.2, 0.25) is 0 Å². The van der Waals surface area contributed by atoms with Crippen LogP contribution in [-0.4, -0.2) is 27.3 Å². The molecule has 4 heteroatoms. The lowest BCUT2D eigenvalue weighted by Gasteiger charge is -2.11. The molecule has 0 amide bonds. The van der Waals surface area contributed by atoms with E-state index >= 15 is 0 Å². The molecule has 1 N–H and O–H groups in total. The fraction of sp³-hybridized carbons (Fsp3) is 0.700. The van der Waals surface area contributed by atoms with Crippen molar-refractivity contribution in [3.8, 4) is 0 Å². The van der Waals surface area contributed by atoms with E-state index in [1.807, 2.05) is 18.0 Å². The minimum atomic E-state index is 0.709. The Kier molecular flexibility index (Phi) is 3.48. The third-order valence-corrected chi connectivity index (χ3v) is 3.77. The molecular formula is C10H17N3S. The van der Waals surface area contributed by atoms with Crippen LogP contribution in [0.4, 0.5) is 0 Å². The molecule has 1 aromatic rings. The summed E-state index contributed by atoms with van der Waals surface area (Å²) >= 11 is 2.04. The maximum atomic E-state index is 4.25. The van der Waals surface area contributed by atoms with Gasteiger partial charge in [0.2, 0.25) is 0 Å². The number of hydrogen-bond donors (Lipinski definition) is 1. The zero-order chi connectivity index (χ0) is 9.80. The lowest BCUT2D eigenvalue weighted by atomic mass is 10.2. The van der Waals surface area contributed by atoms with Gasteiger partial charge in [0.1, 0.15) is 0 Å². The summed E-state index contributed by atoms with van der Waals surface area (Å²) in [6.07, 6.45) is 3.19. The van der Waals surface area contributed by atoms with E-state index in [0.717, 1.165) is 13.1 Å². The number of aromatic nitrogens is 2. The molecule has 0 saturated carbocycles. The Morgan fingerprint density at radius 2 is 2.64 bits per heavy atom. The van der Waals surface area contributed by atoms with E-state index in [1.165, 1.54) is 23.6 Å². The number of hydrogen-bond acceptors (Lipinski definition) is 3. The fourth-order valence-electron chi connectivity index (χ4n) is 1.74. The van der Waals surface area contributed by atoms with Gasteiger partial charge in [-0.15, -0.1) is 0 Å². The average Bonchev–Trinajstić information content (AvgIpc) is 2.85. The van der Waals surface area contributed by atoms with E-state index < -0.39 is 0 Å². The second-order valence-electron chi connectivity index (χ2n) is 3.58. The SMILES string of the molecule is CCn1nccc1CNC1CCSC1. The standard InChI is InChI=1S/C10H17N3S/c1-2-13-10(3-5-12-13)7-11-9-4-6-14-8-9/h3,5,9,11H,2,4,6-8H2,1H3. The number of rotatable bonds is 4. The van der Waals surface area contributed by atoms with Gasteiger partial charge in [-0.2, -0.15) is 16.9 Å². The topological polar surface area (TPSA) is 29.9 Å². The Hall–Kier alpha value is -0.480. The first-order valence-electron chi connectivity index (χ1n) is 5.22. The Labute approximate surface area is 89.3 Å². The minimum absolute atomic E-state index is 0.709. The van der Waals surface area contributed by atoms with Gasteiger partial charge in [0, 0.05) is 31.1 Å². The van der Waals surface area contributed by atoms with Crippen molar-refractivity contribution in [1.82, 2.24) is 15.1 Å². The number of nitrogens with one attached hydrogen (secondary N) is 1. The lowest BCUT2D eigenvalue weighted by molar-refractivity contribution is 0.522. The molecule has 2 heterocycles. The van der Waals surface area contributed by atoms with Crippen LogP contribution in [0.1, 0.15) is 19.0 Å². The van der Waals surface area contributed by atoms with Crippen molar-refractivity contribution in [2.45, 2.75) is 32.5 Å². The zero-order valence-corrected chi connectivity index (χ0v) is 9.39. The molecule has 1 aliphatic rings. The summed E-state index contributed by atoms with van der Waals surface area (Å²) in [5, 5.41) is 7.83. The van der Waals surface area contributed by atoms with Crippen LogP contribution < -0.4 is 5.32 Å². The van der Waals surface area contributed by atoms with Gasteiger partial charge in [-0.1, -0.05) is 0 Å². The molecule has 0 spiro atoms. The van der Waals surface area contributed by atoms with E-state index in [-0.39, 0.29) is 0 Å². The quantitative estimate of drug-likeness (QED) is 0.818. The Bertz CT molecular complexity index is 279. The number of aryl methyl sites for hydroxylation is 1. The molecular weight excluding hydrogens is 194 g/mol. The van der Waals surface area contributed by atoms with Crippen LogP contribution >= 0.6 is 11.8 Å². The zero-order valence-electron chi connectivity index (χ0n) is 8.57. The van der Waals surface area contributed by atoms with Gasteiger partial charge in [0.05, 0.1) is 5.69 Å². The van der Waals surface area contributed by atoms with Gasteiger partial charge < -0.3 is 5.32 Å². The number of nitrogens with zero attached hydrogens (tertiary/aromatic N) is 2. The molecule has 2 rings (SSSR count). The van der Waals surface area contributed by atoms with E-state index in [2.05, 4.69) is 28.1 Å². The van der Waals surface area contributed by atoms with E-state index in [9.17, 15) is 0 Å². The summed E-state index contributed by atoms with van der Waals surface area (Å²) in [4.78, 5) is 0. The van der Waals surface area contributed by atoms with E-state index in [1.54, 1.807) is 0 Å². The highest BCUT2D eigenvalue weighted by Crippen LogP contribution is 2.17. The molecule has 78 valence electrons. The van der Waals surface area contributed by atoms with Crippen molar-refractivity contribution in [1.29, 1.82) is 0 Å². The Morgan fingerprint density at radius 1 is 1.71 bits per heavy atom.